The molecule has 1 amide bonds. The van der Waals surface area contributed by atoms with E-state index in [1.54, 1.807) is 17.9 Å². The van der Waals surface area contributed by atoms with Gasteiger partial charge >= 0.3 is 17.9 Å². The molecule has 6 rings (SSSR count). The van der Waals surface area contributed by atoms with E-state index in [0.717, 1.165) is 24.5 Å². The highest BCUT2D eigenvalue weighted by atomic mass is 19.1. The fourth-order valence-electron chi connectivity index (χ4n) is 7.59. The second kappa shape index (κ2) is 15.2. The summed E-state index contributed by atoms with van der Waals surface area (Å²) in [6.07, 6.45) is 4.54. The minimum atomic E-state index is -1.42. The number of rotatable bonds is 13. The zero-order chi connectivity index (χ0) is 37.3. The van der Waals surface area contributed by atoms with E-state index in [0.29, 0.717) is 73.1 Å². The first-order chi connectivity index (χ1) is 24.9. The fourth-order valence-corrected chi connectivity index (χ4v) is 7.59. The first-order valence-corrected chi connectivity index (χ1v) is 17.6. The predicted molar refractivity (Wildman–Crippen MR) is 185 cm³/mol. The molecule has 0 spiro atoms. The zero-order valence-corrected chi connectivity index (χ0v) is 29.0. The molecular weight excluding hydrogens is 676 g/mol. The van der Waals surface area contributed by atoms with Crippen LogP contribution >= 0.6 is 0 Å². The summed E-state index contributed by atoms with van der Waals surface area (Å²) in [7, 11) is 0. The number of aliphatic carboxylic acids is 2. The highest BCUT2D eigenvalue weighted by Gasteiger charge is 2.40. The molecule has 11 nitrogen and oxygen atoms in total. The van der Waals surface area contributed by atoms with Gasteiger partial charge in [0, 0.05) is 61.4 Å². The van der Waals surface area contributed by atoms with E-state index >= 15 is 4.39 Å². The minimum absolute atomic E-state index is 0.0232. The maximum absolute atomic E-state index is 15.1. The molecule has 0 bridgehead atoms. The zero-order valence-electron chi connectivity index (χ0n) is 29.0. The topological polar surface area (TPSA) is 158 Å². The third-order valence-corrected chi connectivity index (χ3v) is 10.1. The Morgan fingerprint density at radius 2 is 1.75 bits per heavy atom. The van der Waals surface area contributed by atoms with Crippen LogP contribution in [0.3, 0.4) is 0 Å². The van der Waals surface area contributed by atoms with Crippen LogP contribution in [0.25, 0.3) is 11.1 Å². The number of nitrogens with zero attached hydrogens (tertiary/aromatic N) is 3. The van der Waals surface area contributed by atoms with Crippen molar-refractivity contribution in [1.82, 2.24) is 14.8 Å². The number of carboxylic acids is 3. The maximum atomic E-state index is 15.1. The molecule has 3 aromatic rings. The van der Waals surface area contributed by atoms with Crippen molar-refractivity contribution in [3.8, 4) is 16.9 Å². The van der Waals surface area contributed by atoms with Crippen LogP contribution in [-0.2, 0) is 29.0 Å². The Balaban J connectivity index is 1.34. The van der Waals surface area contributed by atoms with Gasteiger partial charge in [-0.3, -0.25) is 14.7 Å². The molecule has 1 saturated heterocycles. The quantitative estimate of drug-likeness (QED) is 0.177. The number of likely N-dealkylation sites (tertiary alicyclic amines) is 1. The molecule has 52 heavy (non-hydrogen) atoms. The van der Waals surface area contributed by atoms with Crippen molar-refractivity contribution in [2.24, 2.45) is 0 Å². The normalized spacial score (nSPS) is 19.3. The van der Waals surface area contributed by atoms with E-state index in [9.17, 15) is 38.9 Å². The van der Waals surface area contributed by atoms with Gasteiger partial charge in [0.15, 0.2) is 0 Å². The number of ether oxygens (including phenoxy) is 1. The number of benzene rings is 2. The maximum Gasteiger partial charge on any atom is 0.337 e. The number of pyridine rings is 1. The van der Waals surface area contributed by atoms with Gasteiger partial charge in [0.25, 0.3) is 5.91 Å². The standard InChI is InChI=1S/C39H41F2N3O8/c1-3-5-32-29(38(48)49)17-28-33(42-32)11-13-44(37(28)47)24-10-12-43(34(16-24)30(39(50)51)19-36(45)46)20-22-14-26(21-6-7-21)27(18-35(22)52-4-2)25-9-8-23(40)15-31(25)41/h8-9,14-15,17-19,21,24,34H,3-7,10-13,16,20H2,1-2H3,(H,45,46)(H,48,49)(H,50,51)/b30-19-. The van der Waals surface area contributed by atoms with Gasteiger partial charge < -0.3 is 25.0 Å². The van der Waals surface area contributed by atoms with Gasteiger partial charge in [0.1, 0.15) is 17.4 Å². The Labute approximate surface area is 299 Å². The molecule has 3 aliphatic rings. The monoisotopic (exact) mass is 717 g/mol. The Morgan fingerprint density at radius 1 is 0.981 bits per heavy atom. The number of aromatic nitrogens is 1. The molecule has 2 unspecified atom stereocenters. The van der Waals surface area contributed by atoms with E-state index in [1.807, 2.05) is 17.9 Å². The van der Waals surface area contributed by atoms with Crippen molar-refractivity contribution in [2.75, 3.05) is 19.7 Å². The lowest BCUT2D eigenvalue weighted by molar-refractivity contribution is -0.136. The number of piperidine rings is 1. The van der Waals surface area contributed by atoms with Gasteiger partial charge in [-0.1, -0.05) is 13.3 Å². The lowest BCUT2D eigenvalue weighted by atomic mass is 9.87. The van der Waals surface area contributed by atoms with Gasteiger partial charge in [-0.15, -0.1) is 0 Å². The van der Waals surface area contributed by atoms with Crippen molar-refractivity contribution in [1.29, 1.82) is 0 Å². The Morgan fingerprint density at radius 3 is 2.38 bits per heavy atom. The van der Waals surface area contributed by atoms with E-state index in [-0.39, 0.29) is 47.8 Å². The van der Waals surface area contributed by atoms with Gasteiger partial charge in [0.05, 0.1) is 34.7 Å². The number of hydrogen-bond acceptors (Lipinski definition) is 7. The van der Waals surface area contributed by atoms with Crippen LogP contribution in [-0.4, -0.2) is 85.7 Å². The molecule has 2 atom stereocenters. The average Bonchev–Trinajstić information content (AvgIpc) is 3.94. The lowest BCUT2D eigenvalue weighted by Crippen LogP contribution is -2.54. The molecule has 1 saturated carbocycles. The molecule has 3 heterocycles. The van der Waals surface area contributed by atoms with Crippen LogP contribution in [0, 0.1) is 11.6 Å². The molecule has 1 aromatic heterocycles. The van der Waals surface area contributed by atoms with Gasteiger partial charge in [0.2, 0.25) is 0 Å². The first kappa shape index (κ1) is 36.6. The van der Waals surface area contributed by atoms with E-state index in [1.165, 1.54) is 18.2 Å². The number of hydrogen-bond donors (Lipinski definition) is 3. The van der Waals surface area contributed by atoms with Gasteiger partial charge in [-0.05, 0) is 86.4 Å². The summed E-state index contributed by atoms with van der Waals surface area (Å²) >= 11 is 0. The highest BCUT2D eigenvalue weighted by molar-refractivity contribution is 6.00. The number of aryl methyl sites for hydroxylation is 1. The molecule has 274 valence electrons. The van der Waals surface area contributed by atoms with Crippen molar-refractivity contribution in [2.45, 2.75) is 83.3 Å². The van der Waals surface area contributed by atoms with Crippen LogP contribution in [0.15, 0.2) is 48.0 Å². The highest BCUT2D eigenvalue weighted by Crippen LogP contribution is 2.47. The minimum Gasteiger partial charge on any atom is -0.494 e. The SMILES string of the molecule is CCCc1nc2c(cc1C(=O)O)C(=O)N(C1CCN(Cc3cc(C4CC4)c(-c4ccc(F)cc4F)cc3OCC)C(/C(=C/C(=O)O)C(=O)O)C1)CC2. The molecule has 1 aliphatic carbocycles. The molecule has 2 aliphatic heterocycles. The smallest absolute Gasteiger partial charge is 0.337 e. The summed E-state index contributed by atoms with van der Waals surface area (Å²) in [4.78, 5) is 58.5. The summed E-state index contributed by atoms with van der Waals surface area (Å²) in [5, 5.41) is 29.8. The largest absolute Gasteiger partial charge is 0.494 e. The van der Waals surface area contributed by atoms with Gasteiger partial charge in [-0.25, -0.2) is 23.2 Å². The van der Waals surface area contributed by atoms with Crippen molar-refractivity contribution in [3.63, 3.8) is 0 Å². The molecule has 2 aromatic carbocycles. The Hall–Kier alpha value is -5.17. The average molecular weight is 718 g/mol. The predicted octanol–water partition coefficient (Wildman–Crippen LogP) is 6.08. The second-order valence-corrected chi connectivity index (χ2v) is 13.6. The van der Waals surface area contributed by atoms with Crippen LogP contribution in [0.4, 0.5) is 8.78 Å². The number of carbonyl (C=O) groups excluding carboxylic acids is 1. The number of fused-ring (bicyclic) bond motifs is 1. The molecule has 0 radical (unpaired) electrons. The number of amides is 1. The second-order valence-electron chi connectivity index (χ2n) is 13.6. The summed E-state index contributed by atoms with van der Waals surface area (Å²) in [5.41, 5.74) is 3.20. The number of carboxylic acid groups (broad SMARTS) is 3. The van der Waals surface area contributed by atoms with E-state index < -0.39 is 47.5 Å². The van der Waals surface area contributed by atoms with E-state index in [4.69, 9.17) is 4.74 Å². The first-order valence-electron chi connectivity index (χ1n) is 17.6. The molecular formula is C39H41F2N3O8. The van der Waals surface area contributed by atoms with Crippen LogP contribution in [0.1, 0.15) is 95.1 Å². The number of aromatic carboxylic acids is 1. The molecule has 2 fully saturated rings. The Kier molecular flexibility index (Phi) is 10.7. The fraction of sp³-hybridized carbons (Fsp3) is 0.410. The summed E-state index contributed by atoms with van der Waals surface area (Å²) in [6, 6.07) is 7.11. The van der Waals surface area contributed by atoms with E-state index in [2.05, 4.69) is 4.98 Å². The van der Waals surface area contributed by atoms with Crippen LogP contribution < -0.4 is 4.74 Å². The summed E-state index contributed by atoms with van der Waals surface area (Å²) in [5.74, 6) is -5.19. The lowest BCUT2D eigenvalue weighted by Gasteiger charge is -2.45. The molecule has 3 N–H and O–H groups in total. The van der Waals surface area contributed by atoms with Gasteiger partial charge in [-0.2, -0.15) is 0 Å². The van der Waals surface area contributed by atoms with Crippen LogP contribution in [0.5, 0.6) is 5.75 Å². The summed E-state index contributed by atoms with van der Waals surface area (Å²) in [6.45, 7) is 4.76. The number of halogens is 2. The number of carbonyl (C=O) groups is 4. The van der Waals surface area contributed by atoms with Crippen molar-refractivity contribution in [3.05, 3.63) is 93.3 Å². The van der Waals surface area contributed by atoms with Crippen molar-refractivity contribution < 1.29 is 48.0 Å². The molecule has 13 heteroatoms. The van der Waals surface area contributed by atoms with Crippen LogP contribution in [0.2, 0.25) is 0 Å². The third-order valence-electron chi connectivity index (χ3n) is 10.1. The Bertz CT molecular complexity index is 1960. The third kappa shape index (κ3) is 7.55. The van der Waals surface area contributed by atoms with Crippen molar-refractivity contribution >= 4 is 23.8 Å². The summed E-state index contributed by atoms with van der Waals surface area (Å²) < 4.78 is 34.9.